The van der Waals surface area contributed by atoms with Crippen molar-refractivity contribution in [2.75, 3.05) is 98.9 Å². The zero-order valence-corrected chi connectivity index (χ0v) is 35.2. The quantitative estimate of drug-likeness (QED) is 0.0389. The van der Waals surface area contributed by atoms with Gasteiger partial charge < -0.3 is 59.1 Å². The maximum absolute atomic E-state index is 13.8. The minimum Gasteiger partial charge on any atom is -0.800 e. The van der Waals surface area contributed by atoms with Crippen LogP contribution < -0.4 is 26.2 Å². The zero-order valence-electron chi connectivity index (χ0n) is 33.5. The number of ether oxygens (including phenoxy) is 6. The predicted molar refractivity (Wildman–Crippen MR) is 216 cm³/mol. The van der Waals surface area contributed by atoms with Crippen molar-refractivity contribution < 1.29 is 57.0 Å². The molecule has 0 aromatic heterocycles. The average Bonchev–Trinajstić information content (AvgIpc) is 3.16. The van der Waals surface area contributed by atoms with Gasteiger partial charge in [0.15, 0.2) is 0 Å². The van der Waals surface area contributed by atoms with Crippen LogP contribution in [-0.4, -0.2) is 140 Å². The maximum Gasteiger partial charge on any atom is 0.223 e. The molecule has 1 rings (SSSR count). The third-order valence-corrected chi connectivity index (χ3v) is 12.0. The van der Waals surface area contributed by atoms with E-state index in [1.165, 1.54) is 0 Å². The van der Waals surface area contributed by atoms with E-state index in [9.17, 15) is 24.1 Å². The molecule has 0 radical (unpaired) electrons. The molecular formula is C39H62N4O12PS-. The van der Waals surface area contributed by atoms with Gasteiger partial charge in [-0.05, 0) is 44.3 Å². The first-order valence-corrected chi connectivity index (χ1v) is 22.0. The van der Waals surface area contributed by atoms with Crippen LogP contribution in [0.15, 0.2) is 0 Å². The van der Waals surface area contributed by atoms with Gasteiger partial charge in [-0.1, -0.05) is 43.4 Å². The number of amides is 4. The molecule has 1 atom stereocenters. The molecular weight excluding hydrogens is 779 g/mol. The fourth-order valence-corrected chi connectivity index (χ4v) is 6.48. The van der Waals surface area contributed by atoms with Gasteiger partial charge in [0.05, 0.1) is 65.6 Å². The van der Waals surface area contributed by atoms with Gasteiger partial charge in [0, 0.05) is 50.4 Å². The molecule has 1 fully saturated rings. The first-order valence-electron chi connectivity index (χ1n) is 19.3. The Hall–Kier alpha value is -3.11. The number of hydrogen-bond donors (Lipinski definition) is 4. The van der Waals surface area contributed by atoms with E-state index in [4.69, 9.17) is 64.0 Å². The van der Waals surface area contributed by atoms with Gasteiger partial charge >= 0.3 is 0 Å². The topological polar surface area (TPSA) is 204 Å². The van der Waals surface area contributed by atoms with Crippen LogP contribution in [0.3, 0.4) is 0 Å². The summed E-state index contributed by atoms with van der Waals surface area (Å²) in [5.41, 5.74) is -1.46. The molecule has 1 unspecified atom stereocenters. The number of carbonyl (C=O) groups excluding carboxylic acids is 4. The molecule has 57 heavy (non-hydrogen) atoms. The van der Waals surface area contributed by atoms with E-state index in [2.05, 4.69) is 39.0 Å². The van der Waals surface area contributed by atoms with E-state index >= 15 is 0 Å². The van der Waals surface area contributed by atoms with Gasteiger partial charge in [-0.25, -0.2) is 0 Å². The van der Waals surface area contributed by atoms with Gasteiger partial charge in [0.2, 0.25) is 23.6 Å². The number of hydrogen-bond acceptors (Lipinski definition) is 13. The molecule has 1 aliphatic carbocycles. The first-order chi connectivity index (χ1) is 27.4. The summed E-state index contributed by atoms with van der Waals surface area (Å²) in [6, 6.07) is 0. The minimum atomic E-state index is -3.26. The Bertz CT molecular complexity index is 1250. The Morgan fingerprint density at radius 3 is 1.35 bits per heavy atom. The summed E-state index contributed by atoms with van der Waals surface area (Å²) in [4.78, 5) is 65.5. The first kappa shape index (κ1) is 51.9. The number of rotatable bonds is 35. The highest BCUT2D eigenvalue weighted by atomic mass is 32.5. The fraction of sp³-hybridized carbons (Fsp3) is 0.744. The summed E-state index contributed by atoms with van der Waals surface area (Å²) < 4.78 is 37.6. The Labute approximate surface area is 343 Å². The Morgan fingerprint density at radius 2 is 1.02 bits per heavy atom. The highest BCUT2D eigenvalue weighted by Gasteiger charge is 2.41. The van der Waals surface area contributed by atoms with Crippen LogP contribution in [0.4, 0.5) is 0 Å². The Balaban J connectivity index is 2.99. The third-order valence-electron chi connectivity index (χ3n) is 8.65. The van der Waals surface area contributed by atoms with E-state index in [1.54, 1.807) is 13.8 Å². The van der Waals surface area contributed by atoms with Gasteiger partial charge in [0.1, 0.15) is 19.8 Å². The average molecular weight is 842 g/mol. The normalized spacial score (nSPS) is 15.9. The summed E-state index contributed by atoms with van der Waals surface area (Å²) in [6.45, 7) is 4.10. The van der Waals surface area contributed by atoms with Crippen LogP contribution in [0, 0.1) is 42.9 Å². The molecule has 16 nitrogen and oxygen atoms in total. The molecule has 18 heteroatoms. The SMILES string of the molecule is C#CCOCCOCCNC(=O)CCC(CCC(=O)NCCOCCOCC#C)(CCC(=O)NCCOCCOCC#C)NC(=O)C1CC(OP([O-])(=S)C(C)C)C1. The van der Waals surface area contributed by atoms with E-state index in [0.29, 0.717) is 52.5 Å². The van der Waals surface area contributed by atoms with E-state index in [1.807, 2.05) is 0 Å². The van der Waals surface area contributed by atoms with Crippen LogP contribution in [0.25, 0.3) is 0 Å². The van der Waals surface area contributed by atoms with E-state index in [-0.39, 0.29) is 127 Å². The van der Waals surface area contributed by atoms with Crippen molar-refractivity contribution in [3.8, 4) is 37.0 Å². The molecule has 4 N–H and O–H groups in total. The molecule has 4 amide bonds. The second kappa shape index (κ2) is 31.8. The molecule has 0 saturated heterocycles. The smallest absolute Gasteiger partial charge is 0.223 e. The summed E-state index contributed by atoms with van der Waals surface area (Å²) >= 11 is 5.17. The van der Waals surface area contributed by atoms with Crippen molar-refractivity contribution in [2.24, 2.45) is 5.92 Å². The van der Waals surface area contributed by atoms with Crippen LogP contribution >= 0.6 is 6.49 Å². The van der Waals surface area contributed by atoms with Crippen molar-refractivity contribution in [1.29, 1.82) is 0 Å². The highest BCUT2D eigenvalue weighted by molar-refractivity contribution is 8.09. The highest BCUT2D eigenvalue weighted by Crippen LogP contribution is 2.48. The van der Waals surface area contributed by atoms with Crippen molar-refractivity contribution >= 4 is 41.9 Å². The van der Waals surface area contributed by atoms with Crippen LogP contribution in [0.1, 0.15) is 65.2 Å². The van der Waals surface area contributed by atoms with E-state index < -0.39 is 24.1 Å². The predicted octanol–water partition coefficient (Wildman–Crippen LogP) is 0.403. The van der Waals surface area contributed by atoms with Crippen molar-refractivity contribution in [3.05, 3.63) is 0 Å². The molecule has 0 spiro atoms. The monoisotopic (exact) mass is 841 g/mol. The van der Waals surface area contributed by atoms with Gasteiger partial charge in [-0.3, -0.25) is 19.2 Å². The number of terminal acetylenes is 3. The van der Waals surface area contributed by atoms with Crippen LogP contribution in [-0.2, 0) is 63.9 Å². The molecule has 322 valence electrons. The van der Waals surface area contributed by atoms with Gasteiger partial charge in [0.25, 0.3) is 0 Å². The number of nitrogens with one attached hydrogen (secondary N) is 4. The summed E-state index contributed by atoms with van der Waals surface area (Å²) in [5, 5.41) is 11.5. The lowest BCUT2D eigenvalue weighted by Crippen LogP contribution is -2.54. The molecule has 0 heterocycles. The fourth-order valence-electron chi connectivity index (χ4n) is 5.29. The van der Waals surface area contributed by atoms with Crippen molar-refractivity contribution in [3.63, 3.8) is 0 Å². The van der Waals surface area contributed by atoms with Crippen LogP contribution in [0.5, 0.6) is 0 Å². The molecule has 0 aromatic rings. The largest absolute Gasteiger partial charge is 0.800 e. The number of carbonyl (C=O) groups is 4. The Kier molecular flexibility index (Phi) is 29.0. The lowest BCUT2D eigenvalue weighted by Gasteiger charge is -2.44. The second-order valence-electron chi connectivity index (χ2n) is 13.5. The molecule has 0 aromatic carbocycles. The van der Waals surface area contributed by atoms with Gasteiger partial charge in [-0.15, -0.1) is 19.3 Å². The molecule has 1 aliphatic rings. The van der Waals surface area contributed by atoms with E-state index in [0.717, 1.165) is 0 Å². The summed E-state index contributed by atoms with van der Waals surface area (Å²) in [7, 11) is 0. The molecule has 0 bridgehead atoms. The standard InChI is InChI=1S/C39H63N4O12PS/c1-6-18-49-24-27-52-21-15-40-35(44)9-12-39(13-10-36(45)41-16-22-53-28-25-50-19-7-2,14-11-37(46)42-17-23-54-29-26-51-20-8-3)43-38(47)33-30-34(31-33)55-56(48,57)32(4)5/h1-3,32-34H,9-31H2,4-5H3,(H,40,44)(H,41,45)(H,42,46)(H,43,47)(H,48,57)/p-1. The lowest BCUT2D eigenvalue weighted by molar-refractivity contribution is -0.192. The van der Waals surface area contributed by atoms with Crippen molar-refractivity contribution in [1.82, 2.24) is 21.3 Å². The lowest BCUT2D eigenvalue weighted by atomic mass is 9.78. The molecule has 1 saturated carbocycles. The van der Waals surface area contributed by atoms with Gasteiger partial charge in [-0.2, -0.15) is 0 Å². The maximum atomic E-state index is 13.8. The molecule has 0 aliphatic heterocycles. The minimum absolute atomic E-state index is 0.0100. The summed E-state index contributed by atoms with van der Waals surface area (Å²) in [5.74, 6) is 5.42. The van der Waals surface area contributed by atoms with Crippen molar-refractivity contribution in [2.45, 2.75) is 82.5 Å². The summed E-state index contributed by atoms with van der Waals surface area (Å²) in [6.07, 6.45) is 16.0. The van der Waals surface area contributed by atoms with Crippen LogP contribution in [0.2, 0.25) is 0 Å². The second-order valence-corrected chi connectivity index (χ2v) is 17.3. The Morgan fingerprint density at radius 1 is 0.667 bits per heavy atom. The third kappa shape index (κ3) is 25.8. The zero-order chi connectivity index (χ0) is 42.2.